The summed E-state index contributed by atoms with van der Waals surface area (Å²) in [6.07, 6.45) is 2.73. The van der Waals surface area contributed by atoms with E-state index >= 15 is 0 Å². The number of aromatic nitrogens is 3. The summed E-state index contributed by atoms with van der Waals surface area (Å²) >= 11 is 6.18. The fraction of sp³-hybridized carbons (Fsp3) is 0.438. The van der Waals surface area contributed by atoms with Crippen molar-refractivity contribution in [3.05, 3.63) is 40.9 Å². The molecule has 7 heteroatoms. The third kappa shape index (κ3) is 3.54. The third-order valence-corrected chi connectivity index (χ3v) is 4.40. The zero-order chi connectivity index (χ0) is 16.4. The van der Waals surface area contributed by atoms with E-state index in [2.05, 4.69) is 15.4 Å². The number of para-hydroxylation sites is 1. The summed E-state index contributed by atoms with van der Waals surface area (Å²) in [5.41, 5.74) is 0.694. The second kappa shape index (κ2) is 6.68. The molecule has 1 heterocycles. The molecule has 1 aromatic heterocycles. The summed E-state index contributed by atoms with van der Waals surface area (Å²) < 4.78 is 1.57. The van der Waals surface area contributed by atoms with Gasteiger partial charge in [-0.05, 0) is 44.7 Å². The molecule has 1 fully saturated rings. The average molecular weight is 335 g/mol. The third-order valence-electron chi connectivity index (χ3n) is 4.08. The highest BCUT2D eigenvalue weighted by Gasteiger charge is 2.23. The summed E-state index contributed by atoms with van der Waals surface area (Å²) in [6.45, 7) is 1.78. The number of amides is 1. The van der Waals surface area contributed by atoms with Crippen LogP contribution < -0.4 is 5.32 Å². The number of carbonyl (C=O) groups is 1. The van der Waals surface area contributed by atoms with Crippen molar-refractivity contribution in [3.8, 4) is 5.69 Å². The minimum absolute atomic E-state index is 0.0680. The lowest BCUT2D eigenvalue weighted by Gasteiger charge is -2.25. The van der Waals surface area contributed by atoms with E-state index in [0.717, 1.165) is 12.8 Å². The Balaban J connectivity index is 1.75. The van der Waals surface area contributed by atoms with Crippen LogP contribution in [0, 0.1) is 6.92 Å². The summed E-state index contributed by atoms with van der Waals surface area (Å²) in [5, 5.41) is 17.3. The maximum atomic E-state index is 12.3. The van der Waals surface area contributed by atoms with Crippen molar-refractivity contribution >= 4 is 17.5 Å². The molecule has 3 rings (SSSR count). The number of aliphatic hydroxyl groups is 1. The molecule has 0 saturated heterocycles. The lowest BCUT2D eigenvalue weighted by molar-refractivity contribution is 0.0858. The van der Waals surface area contributed by atoms with Gasteiger partial charge in [0.15, 0.2) is 0 Å². The molecule has 1 amide bonds. The molecule has 23 heavy (non-hydrogen) atoms. The van der Waals surface area contributed by atoms with Crippen LogP contribution in [0.25, 0.3) is 5.69 Å². The molecule has 0 radical (unpaired) electrons. The van der Waals surface area contributed by atoms with E-state index in [-0.39, 0.29) is 23.9 Å². The van der Waals surface area contributed by atoms with Gasteiger partial charge in [0.1, 0.15) is 5.82 Å². The quantitative estimate of drug-likeness (QED) is 0.902. The molecule has 122 valence electrons. The van der Waals surface area contributed by atoms with Gasteiger partial charge in [0, 0.05) is 6.04 Å². The van der Waals surface area contributed by atoms with Gasteiger partial charge < -0.3 is 10.4 Å². The van der Waals surface area contributed by atoms with Gasteiger partial charge in [-0.1, -0.05) is 23.7 Å². The van der Waals surface area contributed by atoms with Gasteiger partial charge in [0.2, 0.25) is 5.82 Å². The first-order chi connectivity index (χ1) is 11.0. The Bertz CT molecular complexity index is 708. The standard InChI is InChI=1S/C16H19ClN4O2/c1-10-18-15(16(23)19-11-6-8-12(22)9-7-11)20-21(10)14-5-3-2-4-13(14)17/h2-5,11-12,22H,6-9H2,1H3,(H,19,23). The van der Waals surface area contributed by atoms with E-state index in [4.69, 9.17) is 11.6 Å². The van der Waals surface area contributed by atoms with Crippen LogP contribution in [0.15, 0.2) is 24.3 Å². The summed E-state index contributed by atoms with van der Waals surface area (Å²) in [4.78, 5) is 16.6. The van der Waals surface area contributed by atoms with E-state index in [0.29, 0.717) is 29.4 Å². The number of nitrogens with zero attached hydrogens (tertiary/aromatic N) is 3. The molecule has 0 atom stereocenters. The minimum Gasteiger partial charge on any atom is -0.393 e. The van der Waals surface area contributed by atoms with E-state index in [1.165, 1.54) is 0 Å². The lowest BCUT2D eigenvalue weighted by Crippen LogP contribution is -2.39. The maximum absolute atomic E-state index is 12.3. The number of hydrogen-bond donors (Lipinski definition) is 2. The summed E-state index contributed by atoms with van der Waals surface area (Å²) in [7, 11) is 0. The number of rotatable bonds is 3. The van der Waals surface area contributed by atoms with Crippen LogP contribution in [-0.2, 0) is 0 Å². The van der Waals surface area contributed by atoms with Crippen molar-refractivity contribution in [2.75, 3.05) is 0 Å². The molecular formula is C16H19ClN4O2. The Hall–Kier alpha value is -1.92. The Labute approximate surface area is 139 Å². The molecule has 1 aromatic carbocycles. The fourth-order valence-electron chi connectivity index (χ4n) is 2.81. The van der Waals surface area contributed by atoms with Gasteiger partial charge in [0.25, 0.3) is 5.91 Å². The zero-order valence-electron chi connectivity index (χ0n) is 12.9. The number of aryl methyl sites for hydroxylation is 1. The van der Waals surface area contributed by atoms with Crippen molar-refractivity contribution < 1.29 is 9.90 Å². The lowest BCUT2D eigenvalue weighted by atomic mass is 9.93. The highest BCUT2D eigenvalue weighted by Crippen LogP contribution is 2.21. The first kappa shape index (κ1) is 16.0. The molecule has 1 aliphatic carbocycles. The van der Waals surface area contributed by atoms with Crippen molar-refractivity contribution in [2.24, 2.45) is 0 Å². The fourth-order valence-corrected chi connectivity index (χ4v) is 3.02. The second-order valence-electron chi connectivity index (χ2n) is 5.82. The highest BCUT2D eigenvalue weighted by atomic mass is 35.5. The van der Waals surface area contributed by atoms with Crippen LogP contribution >= 0.6 is 11.6 Å². The largest absolute Gasteiger partial charge is 0.393 e. The molecule has 6 nitrogen and oxygen atoms in total. The first-order valence-electron chi connectivity index (χ1n) is 7.72. The van der Waals surface area contributed by atoms with Crippen LogP contribution in [0.4, 0.5) is 0 Å². The van der Waals surface area contributed by atoms with E-state index < -0.39 is 0 Å². The average Bonchev–Trinajstić information content (AvgIpc) is 2.92. The van der Waals surface area contributed by atoms with E-state index in [1.807, 2.05) is 18.2 Å². The molecule has 0 bridgehead atoms. The van der Waals surface area contributed by atoms with Crippen molar-refractivity contribution in [2.45, 2.75) is 44.8 Å². The monoisotopic (exact) mass is 334 g/mol. The Morgan fingerprint density at radius 3 is 2.70 bits per heavy atom. The molecule has 0 spiro atoms. The number of aliphatic hydroxyl groups excluding tert-OH is 1. The maximum Gasteiger partial charge on any atom is 0.291 e. The SMILES string of the molecule is Cc1nc(C(=O)NC2CCC(O)CC2)nn1-c1ccccc1Cl. The van der Waals surface area contributed by atoms with Gasteiger partial charge in [0.05, 0.1) is 16.8 Å². The van der Waals surface area contributed by atoms with Crippen molar-refractivity contribution in [1.29, 1.82) is 0 Å². The molecule has 1 aliphatic rings. The Morgan fingerprint density at radius 2 is 2.00 bits per heavy atom. The van der Waals surface area contributed by atoms with Crippen LogP contribution in [0.2, 0.25) is 5.02 Å². The highest BCUT2D eigenvalue weighted by molar-refractivity contribution is 6.32. The number of hydrogen-bond acceptors (Lipinski definition) is 4. The number of carbonyl (C=O) groups excluding carboxylic acids is 1. The topological polar surface area (TPSA) is 80.0 Å². The van der Waals surface area contributed by atoms with Gasteiger partial charge >= 0.3 is 0 Å². The Morgan fingerprint density at radius 1 is 1.30 bits per heavy atom. The smallest absolute Gasteiger partial charge is 0.291 e. The number of nitrogens with one attached hydrogen (secondary N) is 1. The Kier molecular flexibility index (Phi) is 4.63. The molecule has 2 N–H and O–H groups in total. The molecule has 1 saturated carbocycles. The minimum atomic E-state index is -0.291. The number of halogens is 1. The van der Waals surface area contributed by atoms with Gasteiger partial charge in [-0.15, -0.1) is 5.10 Å². The molecule has 0 aliphatic heterocycles. The van der Waals surface area contributed by atoms with Gasteiger partial charge in [-0.3, -0.25) is 4.79 Å². The summed E-state index contributed by atoms with van der Waals surface area (Å²) in [6, 6.07) is 7.36. The molecule has 2 aromatic rings. The van der Waals surface area contributed by atoms with E-state index in [9.17, 15) is 9.90 Å². The number of benzene rings is 1. The van der Waals surface area contributed by atoms with Crippen LogP contribution in [0.3, 0.4) is 0 Å². The first-order valence-corrected chi connectivity index (χ1v) is 8.10. The summed E-state index contributed by atoms with van der Waals surface area (Å²) in [5.74, 6) is 0.441. The van der Waals surface area contributed by atoms with Crippen molar-refractivity contribution in [3.63, 3.8) is 0 Å². The van der Waals surface area contributed by atoms with Crippen LogP contribution in [0.1, 0.15) is 42.1 Å². The van der Waals surface area contributed by atoms with Gasteiger partial charge in [-0.25, -0.2) is 9.67 Å². The zero-order valence-corrected chi connectivity index (χ0v) is 13.6. The van der Waals surface area contributed by atoms with Crippen molar-refractivity contribution in [1.82, 2.24) is 20.1 Å². The molecular weight excluding hydrogens is 316 g/mol. The predicted octanol–water partition coefficient (Wildman–Crippen LogP) is 2.26. The van der Waals surface area contributed by atoms with Crippen LogP contribution in [0.5, 0.6) is 0 Å². The predicted molar refractivity (Wildman–Crippen MR) is 86.8 cm³/mol. The second-order valence-corrected chi connectivity index (χ2v) is 6.23. The normalized spacial score (nSPS) is 21.2. The molecule has 0 unspecified atom stereocenters. The van der Waals surface area contributed by atoms with Gasteiger partial charge in [-0.2, -0.15) is 0 Å². The van der Waals surface area contributed by atoms with E-state index in [1.54, 1.807) is 17.7 Å². The van der Waals surface area contributed by atoms with Crippen LogP contribution in [-0.4, -0.2) is 37.9 Å².